The van der Waals surface area contributed by atoms with Gasteiger partial charge in [0.25, 0.3) is 0 Å². The first kappa shape index (κ1) is 8.65. The van der Waals surface area contributed by atoms with Gasteiger partial charge in [0.1, 0.15) is 12.4 Å². The highest BCUT2D eigenvalue weighted by atomic mass is 16.5. The summed E-state index contributed by atoms with van der Waals surface area (Å²) in [5.74, 6) is 0.849. The van der Waals surface area contributed by atoms with Gasteiger partial charge in [-0.25, -0.2) is 0 Å². The molecule has 0 radical (unpaired) electrons. The summed E-state index contributed by atoms with van der Waals surface area (Å²) < 4.78 is 5.36. The highest BCUT2D eigenvalue weighted by Gasteiger charge is 1.89. The fraction of sp³-hybridized carbons (Fsp3) is 0.200. The minimum Gasteiger partial charge on any atom is -0.490 e. The Bertz CT molecular complexity index is 251. The van der Waals surface area contributed by atoms with Crippen molar-refractivity contribution in [1.29, 1.82) is 0 Å². The molecule has 0 aliphatic carbocycles. The second-order valence-corrected chi connectivity index (χ2v) is 2.45. The summed E-state index contributed by atoms with van der Waals surface area (Å²) in [6, 6.07) is 7.37. The molecule has 1 rings (SSSR count). The van der Waals surface area contributed by atoms with Gasteiger partial charge in [0.05, 0.1) is 0 Å². The van der Waals surface area contributed by atoms with E-state index >= 15 is 0 Å². The van der Waals surface area contributed by atoms with Gasteiger partial charge in [-0.3, -0.25) is 0 Å². The molecule has 0 fully saturated rings. The molecule has 0 aliphatic rings. The summed E-state index contributed by atoms with van der Waals surface area (Å²) in [5, 5.41) is 0. The molecule has 1 aromatic rings. The van der Waals surface area contributed by atoms with Crippen LogP contribution >= 0.6 is 0 Å². The van der Waals surface area contributed by atoms with Crippen molar-refractivity contribution >= 4 is 5.69 Å². The van der Waals surface area contributed by atoms with Crippen LogP contribution in [0.15, 0.2) is 36.4 Å². The molecule has 0 aromatic heterocycles. The third-order valence-corrected chi connectivity index (χ3v) is 1.46. The van der Waals surface area contributed by atoms with Crippen LogP contribution in [0, 0.1) is 0 Å². The maximum Gasteiger partial charge on any atom is 0.119 e. The van der Waals surface area contributed by atoms with Crippen molar-refractivity contribution in [3.8, 4) is 5.75 Å². The van der Waals surface area contributed by atoms with Gasteiger partial charge in [0.15, 0.2) is 0 Å². The van der Waals surface area contributed by atoms with Crippen LogP contribution in [0.25, 0.3) is 0 Å². The highest BCUT2D eigenvalue weighted by molar-refractivity contribution is 5.41. The molecule has 0 saturated heterocycles. The zero-order chi connectivity index (χ0) is 8.81. The smallest absolute Gasteiger partial charge is 0.119 e. The summed E-state index contributed by atoms with van der Waals surface area (Å²) in [6.45, 7) is 2.58. The van der Waals surface area contributed by atoms with Crippen LogP contribution in [0.1, 0.15) is 6.92 Å². The van der Waals surface area contributed by atoms with Gasteiger partial charge >= 0.3 is 0 Å². The predicted molar refractivity (Wildman–Crippen MR) is 51.2 cm³/mol. The lowest BCUT2D eigenvalue weighted by molar-refractivity contribution is 0.363. The fourth-order valence-corrected chi connectivity index (χ4v) is 0.805. The first-order valence-electron chi connectivity index (χ1n) is 3.92. The molecule has 0 heterocycles. The van der Waals surface area contributed by atoms with Crippen molar-refractivity contribution < 1.29 is 4.74 Å². The lowest BCUT2D eigenvalue weighted by Gasteiger charge is -2.02. The minimum atomic E-state index is 0.612. The van der Waals surface area contributed by atoms with Crippen molar-refractivity contribution in [3.05, 3.63) is 36.4 Å². The van der Waals surface area contributed by atoms with E-state index in [0.29, 0.717) is 6.61 Å². The first-order chi connectivity index (χ1) is 5.83. The topological polar surface area (TPSA) is 35.2 Å². The summed E-state index contributed by atoms with van der Waals surface area (Å²) in [4.78, 5) is 0. The van der Waals surface area contributed by atoms with E-state index < -0.39 is 0 Å². The lowest BCUT2D eigenvalue weighted by atomic mass is 10.3. The number of ether oxygens (including phenoxy) is 1. The zero-order valence-corrected chi connectivity index (χ0v) is 7.16. The van der Waals surface area contributed by atoms with E-state index in [4.69, 9.17) is 10.5 Å². The Balaban J connectivity index is 2.47. The largest absolute Gasteiger partial charge is 0.490 e. The molecule has 0 amide bonds. The van der Waals surface area contributed by atoms with Gasteiger partial charge in [0, 0.05) is 5.69 Å². The molecule has 1 aromatic carbocycles. The van der Waals surface area contributed by atoms with E-state index in [1.807, 2.05) is 43.3 Å². The highest BCUT2D eigenvalue weighted by Crippen LogP contribution is 2.12. The zero-order valence-electron chi connectivity index (χ0n) is 7.16. The Morgan fingerprint density at radius 2 is 2.00 bits per heavy atom. The third-order valence-electron chi connectivity index (χ3n) is 1.46. The molecule has 0 bridgehead atoms. The van der Waals surface area contributed by atoms with E-state index in [1.165, 1.54) is 0 Å². The molecule has 2 heteroatoms. The molecule has 0 unspecified atom stereocenters. The second kappa shape index (κ2) is 4.44. The van der Waals surface area contributed by atoms with E-state index in [1.54, 1.807) is 0 Å². The number of benzene rings is 1. The number of nitrogen functional groups attached to an aromatic ring is 1. The number of nitrogens with two attached hydrogens (primary N) is 1. The molecule has 0 atom stereocenters. The third kappa shape index (κ3) is 2.66. The molecule has 2 N–H and O–H groups in total. The fourth-order valence-electron chi connectivity index (χ4n) is 0.805. The number of hydrogen-bond donors (Lipinski definition) is 1. The van der Waals surface area contributed by atoms with Crippen molar-refractivity contribution in [2.45, 2.75) is 6.92 Å². The Morgan fingerprint density at radius 1 is 1.33 bits per heavy atom. The van der Waals surface area contributed by atoms with E-state index in [2.05, 4.69) is 0 Å². The average Bonchev–Trinajstić information content (AvgIpc) is 2.09. The summed E-state index contributed by atoms with van der Waals surface area (Å²) in [5.41, 5.74) is 6.27. The molecular weight excluding hydrogens is 150 g/mol. The van der Waals surface area contributed by atoms with Gasteiger partial charge in [-0.1, -0.05) is 12.2 Å². The number of allylic oxidation sites excluding steroid dienone is 1. The molecule has 0 saturated carbocycles. The Kier molecular flexibility index (Phi) is 3.20. The molecule has 0 aliphatic heterocycles. The standard InChI is InChI=1S/C10H13NO/c1-2-3-8-12-10-6-4-9(11)5-7-10/h2-7H,8,11H2,1H3. The monoisotopic (exact) mass is 163 g/mol. The normalized spacial score (nSPS) is 10.4. The van der Waals surface area contributed by atoms with Crippen molar-refractivity contribution in [2.24, 2.45) is 0 Å². The summed E-state index contributed by atoms with van der Waals surface area (Å²) in [7, 11) is 0. The van der Waals surface area contributed by atoms with Crippen LogP contribution in [0.5, 0.6) is 5.75 Å². The van der Waals surface area contributed by atoms with Crippen molar-refractivity contribution in [3.63, 3.8) is 0 Å². The molecule has 12 heavy (non-hydrogen) atoms. The van der Waals surface area contributed by atoms with Crippen LogP contribution in [0.3, 0.4) is 0 Å². The maximum atomic E-state index is 5.51. The van der Waals surface area contributed by atoms with Crippen LogP contribution in [-0.2, 0) is 0 Å². The Morgan fingerprint density at radius 3 is 2.58 bits per heavy atom. The molecule has 0 spiro atoms. The SMILES string of the molecule is CC=CCOc1ccc(N)cc1. The van der Waals surface area contributed by atoms with Crippen LogP contribution in [0.4, 0.5) is 5.69 Å². The predicted octanol–water partition coefficient (Wildman–Crippen LogP) is 2.22. The Labute approximate surface area is 72.7 Å². The quantitative estimate of drug-likeness (QED) is 0.547. The van der Waals surface area contributed by atoms with E-state index in [9.17, 15) is 0 Å². The van der Waals surface area contributed by atoms with E-state index in [-0.39, 0.29) is 0 Å². The van der Waals surface area contributed by atoms with Gasteiger partial charge in [-0.05, 0) is 31.2 Å². The van der Waals surface area contributed by atoms with Crippen molar-refractivity contribution in [1.82, 2.24) is 0 Å². The Hall–Kier alpha value is -1.44. The van der Waals surface area contributed by atoms with Gasteiger partial charge in [-0.15, -0.1) is 0 Å². The van der Waals surface area contributed by atoms with E-state index in [0.717, 1.165) is 11.4 Å². The summed E-state index contributed by atoms with van der Waals surface area (Å²) in [6.07, 6.45) is 3.91. The van der Waals surface area contributed by atoms with Gasteiger partial charge in [0.2, 0.25) is 0 Å². The number of hydrogen-bond acceptors (Lipinski definition) is 2. The average molecular weight is 163 g/mol. The molecular formula is C10H13NO. The number of rotatable bonds is 3. The van der Waals surface area contributed by atoms with Crippen LogP contribution < -0.4 is 10.5 Å². The lowest BCUT2D eigenvalue weighted by Crippen LogP contribution is -1.93. The minimum absolute atomic E-state index is 0.612. The molecule has 64 valence electrons. The first-order valence-corrected chi connectivity index (χ1v) is 3.92. The number of anilines is 1. The van der Waals surface area contributed by atoms with Crippen LogP contribution in [-0.4, -0.2) is 6.61 Å². The maximum absolute atomic E-state index is 5.51. The van der Waals surface area contributed by atoms with Crippen molar-refractivity contribution in [2.75, 3.05) is 12.3 Å². The summed E-state index contributed by atoms with van der Waals surface area (Å²) >= 11 is 0. The van der Waals surface area contributed by atoms with Gasteiger partial charge < -0.3 is 10.5 Å². The van der Waals surface area contributed by atoms with Crippen LogP contribution in [0.2, 0.25) is 0 Å². The second-order valence-electron chi connectivity index (χ2n) is 2.45. The molecule has 2 nitrogen and oxygen atoms in total. The van der Waals surface area contributed by atoms with Gasteiger partial charge in [-0.2, -0.15) is 0 Å².